The molecule has 5 nitrogen and oxygen atoms in total. The van der Waals surface area contributed by atoms with Gasteiger partial charge in [0.25, 0.3) is 0 Å². The largest absolute Gasteiger partial charge is 0.302 e. The molecule has 0 spiro atoms. The van der Waals surface area contributed by atoms with E-state index in [0.29, 0.717) is 0 Å². The Balaban J connectivity index is 1.77. The molecule has 2 aromatic heterocycles. The molecule has 4 rings (SSSR count). The van der Waals surface area contributed by atoms with Crippen LogP contribution < -0.4 is 0 Å². The standard InChI is InChI=1S/C19H17N5S/c1-3-24-17(14-7-5-4-6-8-14)22-23-19(24)25-18-15-11-13(2)9-10-16(15)20-12-21-18/h4-12H,3H2,1-2H3. The Labute approximate surface area is 150 Å². The van der Waals surface area contributed by atoms with Crippen molar-refractivity contribution >= 4 is 22.7 Å². The van der Waals surface area contributed by atoms with Crippen molar-refractivity contribution in [3.8, 4) is 11.4 Å². The monoisotopic (exact) mass is 347 g/mol. The highest BCUT2D eigenvalue weighted by molar-refractivity contribution is 7.99. The second-order valence-corrected chi connectivity index (χ2v) is 6.67. The molecular formula is C19H17N5S. The van der Waals surface area contributed by atoms with Gasteiger partial charge in [-0.25, -0.2) is 9.97 Å². The van der Waals surface area contributed by atoms with Crippen molar-refractivity contribution < 1.29 is 0 Å². The Hall–Kier alpha value is -2.73. The maximum atomic E-state index is 4.47. The molecule has 0 amide bonds. The first-order valence-electron chi connectivity index (χ1n) is 8.14. The fraction of sp³-hybridized carbons (Fsp3) is 0.158. The first kappa shape index (κ1) is 15.8. The highest BCUT2D eigenvalue weighted by Gasteiger charge is 2.15. The van der Waals surface area contributed by atoms with E-state index < -0.39 is 0 Å². The van der Waals surface area contributed by atoms with E-state index in [-0.39, 0.29) is 0 Å². The summed E-state index contributed by atoms with van der Waals surface area (Å²) in [6.45, 7) is 4.96. The van der Waals surface area contributed by atoms with Gasteiger partial charge in [0.05, 0.1) is 5.52 Å². The van der Waals surface area contributed by atoms with Gasteiger partial charge < -0.3 is 4.57 Å². The number of rotatable bonds is 4. The Bertz CT molecular complexity index is 1030. The molecule has 0 unspecified atom stereocenters. The Morgan fingerprint density at radius 2 is 1.84 bits per heavy atom. The molecule has 0 radical (unpaired) electrons. The van der Waals surface area contributed by atoms with Crippen LogP contribution in [0.15, 0.2) is 65.0 Å². The molecule has 0 aliphatic carbocycles. The molecule has 4 aromatic rings. The quantitative estimate of drug-likeness (QED) is 0.513. The van der Waals surface area contributed by atoms with Gasteiger partial charge in [-0.2, -0.15) is 0 Å². The van der Waals surface area contributed by atoms with E-state index in [1.54, 1.807) is 6.33 Å². The number of hydrogen-bond donors (Lipinski definition) is 0. The Morgan fingerprint density at radius 1 is 1.00 bits per heavy atom. The number of fused-ring (bicyclic) bond motifs is 1. The van der Waals surface area contributed by atoms with Crippen molar-refractivity contribution in [3.05, 3.63) is 60.4 Å². The van der Waals surface area contributed by atoms with Crippen LogP contribution >= 0.6 is 11.8 Å². The van der Waals surface area contributed by atoms with E-state index in [1.807, 2.05) is 36.4 Å². The lowest BCUT2D eigenvalue weighted by Gasteiger charge is -2.08. The summed E-state index contributed by atoms with van der Waals surface area (Å²) in [5, 5.41) is 11.6. The predicted molar refractivity (Wildman–Crippen MR) is 99.5 cm³/mol. The number of benzene rings is 2. The fourth-order valence-corrected chi connectivity index (χ4v) is 3.72. The second kappa shape index (κ2) is 6.64. The van der Waals surface area contributed by atoms with Crippen LogP contribution in [0, 0.1) is 6.92 Å². The molecule has 0 saturated heterocycles. The molecule has 0 bridgehead atoms. The minimum Gasteiger partial charge on any atom is -0.302 e. The Morgan fingerprint density at radius 3 is 2.64 bits per heavy atom. The van der Waals surface area contributed by atoms with Crippen molar-refractivity contribution in [3.63, 3.8) is 0 Å². The molecular weight excluding hydrogens is 330 g/mol. The average molecular weight is 347 g/mol. The first-order valence-corrected chi connectivity index (χ1v) is 8.95. The average Bonchev–Trinajstić information content (AvgIpc) is 3.05. The SMILES string of the molecule is CCn1c(Sc2ncnc3ccc(C)cc23)nnc1-c1ccccc1. The second-order valence-electron chi connectivity index (χ2n) is 5.72. The van der Waals surface area contributed by atoms with E-state index >= 15 is 0 Å². The Kier molecular flexibility index (Phi) is 4.19. The highest BCUT2D eigenvalue weighted by Crippen LogP contribution is 2.32. The van der Waals surface area contributed by atoms with Gasteiger partial charge in [0.15, 0.2) is 11.0 Å². The van der Waals surface area contributed by atoms with Crippen LogP contribution in [0.3, 0.4) is 0 Å². The topological polar surface area (TPSA) is 56.5 Å². The van der Waals surface area contributed by atoms with E-state index in [0.717, 1.165) is 39.0 Å². The summed E-state index contributed by atoms with van der Waals surface area (Å²) in [5.41, 5.74) is 3.19. The minimum atomic E-state index is 0.793. The van der Waals surface area contributed by atoms with Gasteiger partial charge in [0.2, 0.25) is 0 Å². The van der Waals surface area contributed by atoms with Gasteiger partial charge in [0, 0.05) is 17.5 Å². The smallest absolute Gasteiger partial charge is 0.197 e. The molecule has 25 heavy (non-hydrogen) atoms. The summed E-state index contributed by atoms with van der Waals surface area (Å²) < 4.78 is 2.11. The lowest BCUT2D eigenvalue weighted by atomic mass is 10.2. The lowest BCUT2D eigenvalue weighted by Crippen LogP contribution is -2.00. The normalized spacial score (nSPS) is 11.1. The van der Waals surface area contributed by atoms with Crippen LogP contribution in [0.1, 0.15) is 12.5 Å². The van der Waals surface area contributed by atoms with Crippen molar-refractivity contribution in [2.75, 3.05) is 0 Å². The lowest BCUT2D eigenvalue weighted by molar-refractivity contribution is 0.687. The fourth-order valence-electron chi connectivity index (χ4n) is 2.76. The zero-order chi connectivity index (χ0) is 17.2. The number of aryl methyl sites for hydroxylation is 1. The van der Waals surface area contributed by atoms with Crippen molar-refractivity contribution in [2.45, 2.75) is 30.6 Å². The first-order chi connectivity index (χ1) is 12.3. The molecule has 2 aromatic carbocycles. The van der Waals surface area contributed by atoms with E-state index in [9.17, 15) is 0 Å². The van der Waals surface area contributed by atoms with Crippen molar-refractivity contribution in [2.24, 2.45) is 0 Å². The highest BCUT2D eigenvalue weighted by atomic mass is 32.2. The summed E-state index contributed by atoms with van der Waals surface area (Å²) in [6.07, 6.45) is 1.60. The van der Waals surface area contributed by atoms with Crippen LogP contribution in [0.2, 0.25) is 0 Å². The molecule has 0 fully saturated rings. The third kappa shape index (κ3) is 3.00. The summed E-state index contributed by atoms with van der Waals surface area (Å²) in [4.78, 5) is 8.82. The number of nitrogens with zero attached hydrogens (tertiary/aromatic N) is 5. The number of hydrogen-bond acceptors (Lipinski definition) is 5. The minimum absolute atomic E-state index is 0.793. The van der Waals surface area contributed by atoms with Gasteiger partial charge in [-0.15, -0.1) is 10.2 Å². The van der Waals surface area contributed by atoms with Gasteiger partial charge in [-0.05, 0) is 37.7 Å². The van der Waals surface area contributed by atoms with Crippen LogP contribution in [0.5, 0.6) is 0 Å². The van der Waals surface area contributed by atoms with Gasteiger partial charge >= 0.3 is 0 Å². The van der Waals surface area contributed by atoms with Crippen molar-refractivity contribution in [1.82, 2.24) is 24.7 Å². The van der Waals surface area contributed by atoms with E-state index in [2.05, 4.69) is 50.7 Å². The van der Waals surface area contributed by atoms with Crippen LogP contribution in [-0.4, -0.2) is 24.7 Å². The molecule has 0 atom stereocenters. The molecule has 0 aliphatic heterocycles. The zero-order valence-electron chi connectivity index (χ0n) is 14.0. The predicted octanol–water partition coefficient (Wildman–Crippen LogP) is 4.37. The summed E-state index contributed by atoms with van der Waals surface area (Å²) in [5.74, 6) is 0.875. The molecule has 124 valence electrons. The van der Waals surface area contributed by atoms with Crippen molar-refractivity contribution in [1.29, 1.82) is 0 Å². The van der Waals surface area contributed by atoms with E-state index in [4.69, 9.17) is 0 Å². The van der Waals surface area contributed by atoms with Gasteiger partial charge in [-0.3, -0.25) is 0 Å². The molecule has 0 saturated carbocycles. The molecule has 0 aliphatic rings. The third-order valence-corrected chi connectivity index (χ3v) is 5.01. The summed E-state index contributed by atoms with van der Waals surface area (Å²) >= 11 is 1.53. The molecule has 2 heterocycles. The van der Waals surface area contributed by atoms with E-state index in [1.165, 1.54) is 17.3 Å². The van der Waals surface area contributed by atoms with Crippen LogP contribution in [0.4, 0.5) is 0 Å². The third-order valence-electron chi connectivity index (χ3n) is 4.01. The van der Waals surface area contributed by atoms with Crippen LogP contribution in [-0.2, 0) is 6.54 Å². The zero-order valence-corrected chi connectivity index (χ0v) is 14.9. The van der Waals surface area contributed by atoms with Crippen LogP contribution in [0.25, 0.3) is 22.3 Å². The van der Waals surface area contributed by atoms with Gasteiger partial charge in [-0.1, -0.05) is 42.0 Å². The van der Waals surface area contributed by atoms with Gasteiger partial charge in [0.1, 0.15) is 11.4 Å². The summed E-state index contributed by atoms with van der Waals surface area (Å²) in [7, 11) is 0. The molecule has 0 N–H and O–H groups in total. The molecule has 6 heteroatoms. The maximum Gasteiger partial charge on any atom is 0.197 e. The number of aromatic nitrogens is 5. The summed E-state index contributed by atoms with van der Waals surface area (Å²) in [6, 6.07) is 16.3. The maximum absolute atomic E-state index is 4.47.